The van der Waals surface area contributed by atoms with Gasteiger partial charge in [0.1, 0.15) is 0 Å². The third-order valence-corrected chi connectivity index (χ3v) is 9.21. The lowest BCUT2D eigenvalue weighted by Crippen LogP contribution is -2.25. The SMILES string of the molecule is O=C(O)C[C@@H]1C[C@@H]2[C@@H]3C[C@H](CC(=O)O)[C@H]4[C@H]3C3C5[C@@H](C=C[C@H]54)[C@@H]1[C@@H]32. The average molecular weight is 328 g/mol. The van der Waals surface area contributed by atoms with Crippen LogP contribution in [0.5, 0.6) is 0 Å². The fourth-order valence-electron chi connectivity index (χ4n) is 9.38. The van der Waals surface area contributed by atoms with Gasteiger partial charge in [0.15, 0.2) is 0 Å². The van der Waals surface area contributed by atoms with Gasteiger partial charge in [-0.15, -0.1) is 0 Å². The summed E-state index contributed by atoms with van der Waals surface area (Å²) in [4.78, 5) is 22.7. The molecule has 0 aromatic heterocycles. The molecule has 2 N–H and O–H groups in total. The van der Waals surface area contributed by atoms with Crippen LogP contribution in [0, 0.1) is 71.0 Å². The highest BCUT2D eigenvalue weighted by molar-refractivity contribution is 5.67. The Morgan fingerprint density at radius 1 is 0.708 bits per heavy atom. The monoisotopic (exact) mass is 328 g/mol. The van der Waals surface area contributed by atoms with Gasteiger partial charge in [-0.2, -0.15) is 0 Å². The Morgan fingerprint density at radius 3 is 1.58 bits per heavy atom. The summed E-state index contributed by atoms with van der Waals surface area (Å²) < 4.78 is 0. The van der Waals surface area contributed by atoms with Gasteiger partial charge in [0.05, 0.1) is 0 Å². The Labute approximate surface area is 141 Å². The zero-order valence-corrected chi connectivity index (χ0v) is 13.6. The summed E-state index contributed by atoms with van der Waals surface area (Å²) in [6, 6.07) is 0. The smallest absolute Gasteiger partial charge is 0.303 e. The first-order chi connectivity index (χ1) is 11.6. The van der Waals surface area contributed by atoms with Crippen molar-refractivity contribution < 1.29 is 19.8 Å². The van der Waals surface area contributed by atoms with Crippen LogP contribution in [0.2, 0.25) is 0 Å². The first-order valence-electron chi connectivity index (χ1n) is 9.68. The van der Waals surface area contributed by atoms with E-state index in [0.717, 1.165) is 36.5 Å². The van der Waals surface area contributed by atoms with Crippen LogP contribution in [0.4, 0.5) is 0 Å². The molecule has 0 aliphatic heterocycles. The maximum absolute atomic E-state index is 11.4. The predicted molar refractivity (Wildman–Crippen MR) is 84.8 cm³/mol. The quantitative estimate of drug-likeness (QED) is 0.778. The first kappa shape index (κ1) is 13.9. The van der Waals surface area contributed by atoms with E-state index in [1.54, 1.807) is 0 Å². The molecule has 0 heterocycles. The van der Waals surface area contributed by atoms with E-state index in [2.05, 4.69) is 12.2 Å². The molecule has 0 bridgehead atoms. The predicted octanol–water partition coefficient (Wildman–Crippen LogP) is 2.75. The van der Waals surface area contributed by atoms with Crippen molar-refractivity contribution in [3.05, 3.63) is 12.2 Å². The van der Waals surface area contributed by atoms with Gasteiger partial charge < -0.3 is 10.2 Å². The minimum atomic E-state index is -0.639. The van der Waals surface area contributed by atoms with Crippen molar-refractivity contribution in [1.29, 1.82) is 0 Å². The summed E-state index contributed by atoms with van der Waals surface area (Å²) in [6.45, 7) is 0. The summed E-state index contributed by atoms with van der Waals surface area (Å²) in [5.41, 5.74) is 0. The molecule has 4 heteroatoms. The van der Waals surface area contributed by atoms with Crippen molar-refractivity contribution in [1.82, 2.24) is 0 Å². The number of fused-ring (bicyclic) bond motifs is 3. The van der Waals surface area contributed by atoms with E-state index in [1.807, 2.05) is 0 Å². The molecule has 0 aromatic rings. The molecule has 6 rings (SSSR count). The molecule has 0 saturated heterocycles. The molecule has 128 valence electrons. The fraction of sp³-hybridized carbons (Fsp3) is 0.800. The molecule has 2 unspecified atom stereocenters. The van der Waals surface area contributed by atoms with Crippen LogP contribution < -0.4 is 0 Å². The van der Waals surface area contributed by atoms with Crippen molar-refractivity contribution in [3.8, 4) is 0 Å². The molecule has 5 fully saturated rings. The number of hydrogen-bond acceptors (Lipinski definition) is 2. The molecule has 6 aliphatic carbocycles. The number of carboxylic acid groups (broad SMARTS) is 2. The topological polar surface area (TPSA) is 74.6 Å². The molecule has 4 nitrogen and oxygen atoms in total. The fourth-order valence-corrected chi connectivity index (χ4v) is 9.38. The molecular formula is C20H24O4. The van der Waals surface area contributed by atoms with Crippen LogP contribution in [-0.4, -0.2) is 22.2 Å². The van der Waals surface area contributed by atoms with Gasteiger partial charge in [-0.05, 0) is 83.9 Å². The summed E-state index contributed by atoms with van der Waals surface area (Å²) in [7, 11) is 0. The minimum Gasteiger partial charge on any atom is -0.481 e. The van der Waals surface area contributed by atoms with Gasteiger partial charge in [0.2, 0.25) is 0 Å². The van der Waals surface area contributed by atoms with Crippen LogP contribution in [0.1, 0.15) is 25.7 Å². The van der Waals surface area contributed by atoms with Gasteiger partial charge in [-0.3, -0.25) is 9.59 Å². The van der Waals surface area contributed by atoms with E-state index in [9.17, 15) is 19.8 Å². The van der Waals surface area contributed by atoms with Crippen molar-refractivity contribution in [3.63, 3.8) is 0 Å². The van der Waals surface area contributed by atoms with E-state index in [0.29, 0.717) is 60.2 Å². The summed E-state index contributed by atoms with van der Waals surface area (Å²) in [5.74, 6) is 6.21. The zero-order valence-electron chi connectivity index (χ0n) is 13.6. The summed E-state index contributed by atoms with van der Waals surface area (Å²) in [6.07, 6.45) is 7.69. The van der Waals surface area contributed by atoms with Crippen LogP contribution >= 0.6 is 0 Å². The molecule has 6 aliphatic rings. The highest BCUT2D eigenvalue weighted by atomic mass is 16.4. The second-order valence-corrected chi connectivity index (χ2v) is 9.52. The van der Waals surface area contributed by atoms with Crippen molar-refractivity contribution >= 4 is 11.9 Å². The summed E-state index contributed by atoms with van der Waals surface area (Å²) >= 11 is 0. The van der Waals surface area contributed by atoms with Crippen molar-refractivity contribution in [2.24, 2.45) is 71.0 Å². The van der Waals surface area contributed by atoms with E-state index in [4.69, 9.17) is 0 Å². The Bertz CT molecular complexity index is 615. The van der Waals surface area contributed by atoms with Crippen LogP contribution in [0.3, 0.4) is 0 Å². The molecule has 0 spiro atoms. The highest BCUT2D eigenvalue weighted by Gasteiger charge is 2.76. The van der Waals surface area contributed by atoms with Crippen molar-refractivity contribution in [2.75, 3.05) is 0 Å². The average Bonchev–Trinajstić information content (AvgIpc) is 3.19. The maximum Gasteiger partial charge on any atom is 0.303 e. The molecule has 0 amide bonds. The molecule has 0 radical (unpaired) electrons. The second kappa shape index (κ2) is 4.25. The van der Waals surface area contributed by atoms with Gasteiger partial charge in [-0.1, -0.05) is 12.2 Å². The lowest BCUT2D eigenvalue weighted by atomic mass is 9.77. The summed E-state index contributed by atoms with van der Waals surface area (Å²) in [5, 5.41) is 18.7. The number of rotatable bonds is 4. The Kier molecular flexibility index (Phi) is 2.47. The van der Waals surface area contributed by atoms with E-state index in [1.165, 1.54) is 0 Å². The third kappa shape index (κ3) is 1.40. The number of allylic oxidation sites excluding steroid dienone is 2. The second-order valence-electron chi connectivity index (χ2n) is 9.52. The Morgan fingerprint density at radius 2 is 1.17 bits per heavy atom. The molecule has 5 saturated carbocycles. The lowest BCUT2D eigenvalue weighted by molar-refractivity contribution is -0.139. The van der Waals surface area contributed by atoms with Gasteiger partial charge in [0, 0.05) is 12.8 Å². The zero-order chi connectivity index (χ0) is 16.3. The Balaban J connectivity index is 1.41. The largest absolute Gasteiger partial charge is 0.481 e. The van der Waals surface area contributed by atoms with Gasteiger partial charge in [-0.25, -0.2) is 0 Å². The standard InChI is InChI=1S/C20H24O4/c21-13(22)5-7-3-11-12-4-8(6-14(23)24)16-10-2-1-9-15(7)18(11)20(17(9)10)19(12)16/h1-2,7-12,15-20H,3-6H2,(H,21,22)(H,23,24)/t7-,8+,9-,10-,11+,12-,15+,16+,17?,18-,19-,20?/m0/s1. The highest BCUT2D eigenvalue weighted by Crippen LogP contribution is 2.80. The third-order valence-electron chi connectivity index (χ3n) is 9.21. The molecule has 0 aromatic carbocycles. The van der Waals surface area contributed by atoms with Crippen LogP contribution in [0.15, 0.2) is 12.2 Å². The lowest BCUT2D eigenvalue weighted by Gasteiger charge is -2.27. The minimum absolute atomic E-state index is 0.339. The van der Waals surface area contributed by atoms with Gasteiger partial charge >= 0.3 is 11.9 Å². The van der Waals surface area contributed by atoms with Crippen LogP contribution in [0.25, 0.3) is 0 Å². The van der Waals surface area contributed by atoms with E-state index in [-0.39, 0.29) is 0 Å². The first-order valence-corrected chi connectivity index (χ1v) is 9.68. The van der Waals surface area contributed by atoms with E-state index >= 15 is 0 Å². The normalized spacial score (nSPS) is 60.2. The number of hydrogen-bond donors (Lipinski definition) is 2. The molecule has 12 atom stereocenters. The number of carbonyl (C=O) groups is 2. The number of carboxylic acids is 2. The van der Waals surface area contributed by atoms with Gasteiger partial charge in [0.25, 0.3) is 0 Å². The van der Waals surface area contributed by atoms with Crippen molar-refractivity contribution in [2.45, 2.75) is 25.7 Å². The number of aliphatic carboxylic acids is 2. The maximum atomic E-state index is 11.4. The van der Waals surface area contributed by atoms with E-state index < -0.39 is 11.9 Å². The van der Waals surface area contributed by atoms with Crippen LogP contribution in [-0.2, 0) is 9.59 Å². The molecule has 24 heavy (non-hydrogen) atoms. The Hall–Kier alpha value is -1.32. The molecular weight excluding hydrogens is 304 g/mol.